The molecule has 1 aromatic heterocycles. The number of hydrogen-bond acceptors (Lipinski definition) is 4. The fraction of sp³-hybridized carbons (Fsp3) is 0.417. The van der Waals surface area contributed by atoms with Gasteiger partial charge in [-0.25, -0.2) is 9.78 Å². The normalized spacial score (nSPS) is 16.1. The lowest BCUT2D eigenvalue weighted by molar-refractivity contribution is 0.0687. The van der Waals surface area contributed by atoms with Crippen LogP contribution in [-0.4, -0.2) is 51.5 Å². The molecule has 0 spiro atoms. The molecule has 1 N–H and O–H groups in total. The van der Waals surface area contributed by atoms with Gasteiger partial charge >= 0.3 is 5.97 Å². The van der Waals surface area contributed by atoms with Crippen molar-refractivity contribution in [1.29, 1.82) is 0 Å². The van der Waals surface area contributed by atoms with Crippen LogP contribution < -0.4 is 0 Å². The topological polar surface area (TPSA) is 70.5 Å². The summed E-state index contributed by atoms with van der Waals surface area (Å²) in [5.41, 5.74) is 0.407. The van der Waals surface area contributed by atoms with E-state index in [-0.39, 0.29) is 11.6 Å². The molecule has 0 bridgehead atoms. The molecule has 0 radical (unpaired) electrons. The Kier molecular flexibility index (Phi) is 4.19. The maximum Gasteiger partial charge on any atom is 0.354 e. The molecule has 0 aliphatic carbocycles. The maximum absolute atomic E-state index is 12.2. The number of carbonyl (C=O) groups excluding carboxylic acids is 1. The van der Waals surface area contributed by atoms with E-state index in [0.29, 0.717) is 5.56 Å². The fourth-order valence-corrected chi connectivity index (χ4v) is 2.67. The van der Waals surface area contributed by atoms with E-state index in [4.69, 9.17) is 5.11 Å². The third kappa shape index (κ3) is 3.01. The number of carboxylic acid groups (broad SMARTS) is 1. The molecule has 1 amide bonds. The number of aromatic carboxylic acids is 1. The molecule has 1 aliphatic heterocycles. The van der Waals surface area contributed by atoms with Gasteiger partial charge in [0.15, 0.2) is 0 Å². The summed E-state index contributed by atoms with van der Waals surface area (Å²) in [4.78, 5) is 28.4. The predicted octanol–water partition coefficient (Wildman–Crippen LogP) is 1.36. The van der Waals surface area contributed by atoms with Crippen LogP contribution in [0.4, 0.5) is 0 Å². The second-order valence-corrected chi connectivity index (χ2v) is 5.22. The Bertz CT molecular complexity index is 439. The first-order valence-corrected chi connectivity index (χ1v) is 6.90. The number of nitrogens with zero attached hydrogens (tertiary/aromatic N) is 2. The highest BCUT2D eigenvalue weighted by Gasteiger charge is 2.18. The summed E-state index contributed by atoms with van der Waals surface area (Å²) < 4.78 is 0. The van der Waals surface area contributed by atoms with E-state index in [1.807, 2.05) is 11.8 Å². The van der Waals surface area contributed by atoms with Gasteiger partial charge in [0, 0.05) is 25.0 Å². The van der Waals surface area contributed by atoms with Gasteiger partial charge in [0.25, 0.3) is 5.91 Å². The van der Waals surface area contributed by atoms with Crippen LogP contribution in [0.1, 0.15) is 27.3 Å². The van der Waals surface area contributed by atoms with Gasteiger partial charge in [0.05, 0.1) is 5.56 Å². The van der Waals surface area contributed by atoms with Crippen molar-refractivity contribution in [2.75, 3.05) is 24.6 Å². The van der Waals surface area contributed by atoms with Crippen LogP contribution in [0.2, 0.25) is 0 Å². The monoisotopic (exact) mass is 266 g/mol. The molecule has 0 atom stereocenters. The molecule has 0 unspecified atom stereocenters. The predicted molar refractivity (Wildman–Crippen MR) is 69.0 cm³/mol. The van der Waals surface area contributed by atoms with E-state index in [1.54, 1.807) is 4.90 Å². The van der Waals surface area contributed by atoms with Gasteiger partial charge in [-0.1, -0.05) is 0 Å². The smallest absolute Gasteiger partial charge is 0.354 e. The van der Waals surface area contributed by atoms with Crippen LogP contribution in [0, 0.1) is 0 Å². The van der Waals surface area contributed by atoms with Crippen LogP contribution in [-0.2, 0) is 0 Å². The van der Waals surface area contributed by atoms with Crippen molar-refractivity contribution in [3.63, 3.8) is 0 Å². The molecule has 6 heteroatoms. The number of thioether (sulfide) groups is 1. The van der Waals surface area contributed by atoms with Gasteiger partial charge in [-0.15, -0.1) is 0 Å². The number of carbonyl (C=O) groups is 2. The minimum absolute atomic E-state index is 0.0435. The lowest BCUT2D eigenvalue weighted by Gasteiger charge is -2.19. The lowest BCUT2D eigenvalue weighted by atomic mass is 10.2. The first-order chi connectivity index (χ1) is 8.68. The molecular weight excluding hydrogens is 252 g/mol. The largest absolute Gasteiger partial charge is 0.477 e. The van der Waals surface area contributed by atoms with Gasteiger partial charge in [-0.2, -0.15) is 11.8 Å². The molecule has 0 saturated carbocycles. The van der Waals surface area contributed by atoms with Gasteiger partial charge < -0.3 is 10.0 Å². The molecule has 2 rings (SSSR count). The van der Waals surface area contributed by atoms with E-state index in [1.165, 1.54) is 18.3 Å². The lowest BCUT2D eigenvalue weighted by Crippen LogP contribution is -2.33. The number of rotatable bonds is 2. The van der Waals surface area contributed by atoms with Gasteiger partial charge in [-0.3, -0.25) is 4.79 Å². The summed E-state index contributed by atoms with van der Waals surface area (Å²) in [5, 5.41) is 8.74. The fourth-order valence-electron chi connectivity index (χ4n) is 1.78. The molecule has 18 heavy (non-hydrogen) atoms. The molecule has 1 fully saturated rings. The van der Waals surface area contributed by atoms with Crippen molar-refractivity contribution in [2.24, 2.45) is 0 Å². The average Bonchev–Trinajstić information content (AvgIpc) is 2.67. The zero-order valence-corrected chi connectivity index (χ0v) is 10.7. The summed E-state index contributed by atoms with van der Waals surface area (Å²) in [7, 11) is 0. The molecule has 5 nitrogen and oxygen atoms in total. The maximum atomic E-state index is 12.2. The van der Waals surface area contributed by atoms with E-state index in [2.05, 4.69) is 4.98 Å². The van der Waals surface area contributed by atoms with E-state index in [0.717, 1.165) is 31.0 Å². The third-order valence-corrected chi connectivity index (χ3v) is 3.79. The van der Waals surface area contributed by atoms with Crippen LogP contribution in [0.25, 0.3) is 0 Å². The van der Waals surface area contributed by atoms with Crippen molar-refractivity contribution < 1.29 is 14.7 Å². The Hall–Kier alpha value is -1.56. The highest BCUT2D eigenvalue weighted by Crippen LogP contribution is 2.13. The first-order valence-electron chi connectivity index (χ1n) is 5.75. The summed E-state index contributed by atoms with van der Waals surface area (Å²) in [5.74, 6) is 0.883. The van der Waals surface area contributed by atoms with Gasteiger partial charge in [-0.05, 0) is 24.3 Å². The SMILES string of the molecule is O=C(O)c1ccc(C(=O)N2CCCSCC2)cn1. The van der Waals surface area contributed by atoms with Crippen molar-refractivity contribution >= 4 is 23.6 Å². The number of aromatic nitrogens is 1. The highest BCUT2D eigenvalue weighted by molar-refractivity contribution is 7.99. The van der Waals surface area contributed by atoms with Crippen molar-refractivity contribution in [1.82, 2.24) is 9.88 Å². The van der Waals surface area contributed by atoms with Crippen LogP contribution >= 0.6 is 11.8 Å². The van der Waals surface area contributed by atoms with E-state index in [9.17, 15) is 9.59 Å². The zero-order valence-electron chi connectivity index (χ0n) is 9.83. The second kappa shape index (κ2) is 5.86. The molecule has 96 valence electrons. The summed E-state index contributed by atoms with van der Waals surface area (Å²) >= 11 is 1.85. The highest BCUT2D eigenvalue weighted by atomic mass is 32.2. The Labute approximate surface area is 109 Å². The molecule has 0 aromatic carbocycles. The molecule has 2 heterocycles. The van der Waals surface area contributed by atoms with E-state index < -0.39 is 5.97 Å². The van der Waals surface area contributed by atoms with E-state index >= 15 is 0 Å². The quantitative estimate of drug-likeness (QED) is 0.875. The first kappa shape index (κ1) is 12.9. The van der Waals surface area contributed by atoms with Crippen molar-refractivity contribution in [3.8, 4) is 0 Å². The average molecular weight is 266 g/mol. The van der Waals surface area contributed by atoms with Crippen molar-refractivity contribution in [2.45, 2.75) is 6.42 Å². The zero-order chi connectivity index (χ0) is 13.0. The Morgan fingerprint density at radius 3 is 2.78 bits per heavy atom. The molecule has 1 saturated heterocycles. The number of hydrogen-bond donors (Lipinski definition) is 1. The minimum atomic E-state index is -1.08. The number of carboxylic acids is 1. The molecule has 1 aliphatic rings. The van der Waals surface area contributed by atoms with Crippen LogP contribution in [0.5, 0.6) is 0 Å². The number of pyridine rings is 1. The Balaban J connectivity index is 2.10. The molecular formula is C12H14N2O3S. The Morgan fingerprint density at radius 1 is 1.28 bits per heavy atom. The summed E-state index contributed by atoms with van der Waals surface area (Å²) in [6, 6.07) is 2.89. The van der Waals surface area contributed by atoms with Crippen LogP contribution in [0.3, 0.4) is 0 Å². The van der Waals surface area contributed by atoms with Crippen molar-refractivity contribution in [3.05, 3.63) is 29.6 Å². The molecule has 1 aromatic rings. The van der Waals surface area contributed by atoms with Crippen LogP contribution in [0.15, 0.2) is 18.3 Å². The number of amides is 1. The third-order valence-electron chi connectivity index (χ3n) is 2.74. The second-order valence-electron chi connectivity index (χ2n) is 4.00. The summed E-state index contributed by atoms with van der Waals surface area (Å²) in [6.07, 6.45) is 2.33. The minimum Gasteiger partial charge on any atom is -0.477 e. The summed E-state index contributed by atoms with van der Waals surface area (Å²) in [6.45, 7) is 1.50. The standard InChI is InChI=1S/C12H14N2O3S/c15-11(14-4-1-6-18-7-5-14)9-2-3-10(12(16)17)13-8-9/h2-3,8H,1,4-7H2,(H,16,17). The Morgan fingerprint density at radius 2 is 2.11 bits per heavy atom. The van der Waals surface area contributed by atoms with Gasteiger partial charge in [0.1, 0.15) is 5.69 Å². The van der Waals surface area contributed by atoms with Gasteiger partial charge in [0.2, 0.25) is 0 Å².